The van der Waals surface area contributed by atoms with Gasteiger partial charge in [0.05, 0.1) is 22.7 Å². The van der Waals surface area contributed by atoms with Crippen LogP contribution in [0.3, 0.4) is 0 Å². The fourth-order valence-electron chi connectivity index (χ4n) is 2.42. The molecule has 140 valence electrons. The van der Waals surface area contributed by atoms with Crippen LogP contribution >= 0.6 is 34.8 Å². The van der Waals surface area contributed by atoms with E-state index in [-0.39, 0.29) is 11.3 Å². The molecule has 0 spiro atoms. The van der Waals surface area contributed by atoms with E-state index in [9.17, 15) is 9.18 Å². The van der Waals surface area contributed by atoms with Gasteiger partial charge in [0.2, 0.25) is 0 Å². The number of hydrogen-bond donors (Lipinski definition) is 0. The average Bonchev–Trinajstić information content (AvgIpc) is 2.93. The molecule has 2 rings (SSSR count). The number of amides is 1. The Labute approximate surface area is 165 Å². The van der Waals surface area contributed by atoms with Crippen molar-refractivity contribution in [1.29, 1.82) is 0 Å². The van der Waals surface area contributed by atoms with E-state index in [0.717, 1.165) is 5.06 Å². The highest BCUT2D eigenvalue weighted by atomic mass is 35.5. The second kappa shape index (κ2) is 8.39. The van der Waals surface area contributed by atoms with Crippen molar-refractivity contribution in [2.75, 3.05) is 7.11 Å². The Morgan fingerprint density at radius 3 is 2.42 bits per heavy atom. The highest BCUT2D eigenvalue weighted by molar-refractivity contribution is 6.40. The fraction of sp³-hybridized carbons (Fsp3) is 0.294. The summed E-state index contributed by atoms with van der Waals surface area (Å²) in [5.41, 5.74) is 1.01. The van der Waals surface area contributed by atoms with E-state index in [1.54, 1.807) is 20.0 Å². The zero-order valence-corrected chi connectivity index (χ0v) is 16.8. The molecule has 1 aromatic carbocycles. The first-order valence-corrected chi connectivity index (χ1v) is 8.68. The summed E-state index contributed by atoms with van der Waals surface area (Å²) < 4.78 is 15.2. The van der Waals surface area contributed by atoms with Gasteiger partial charge in [0.15, 0.2) is 0 Å². The molecule has 1 aromatic heterocycles. The summed E-state index contributed by atoms with van der Waals surface area (Å²) in [6, 6.07) is 3.08. The molecule has 1 heterocycles. The molecular formula is C17H17Cl3FN3O2. The number of rotatable bonds is 5. The van der Waals surface area contributed by atoms with Crippen LogP contribution in [0.2, 0.25) is 15.1 Å². The number of allylic oxidation sites excluding steroid dienone is 1. The first-order valence-electron chi connectivity index (χ1n) is 7.54. The monoisotopic (exact) mass is 419 g/mol. The molecule has 0 saturated heterocycles. The van der Waals surface area contributed by atoms with Crippen LogP contribution in [0.5, 0.6) is 0 Å². The topological polar surface area (TPSA) is 47.4 Å². The van der Waals surface area contributed by atoms with Gasteiger partial charge in [0.1, 0.15) is 11.9 Å². The number of aromatic nitrogens is 2. The number of benzene rings is 1. The largest absolute Gasteiger partial charge is 0.285 e. The van der Waals surface area contributed by atoms with E-state index < -0.39 is 12.1 Å². The smallest absolute Gasteiger partial charge is 0.275 e. The van der Waals surface area contributed by atoms with Crippen LogP contribution in [0.15, 0.2) is 24.0 Å². The van der Waals surface area contributed by atoms with Crippen molar-refractivity contribution in [3.05, 3.63) is 55.9 Å². The Morgan fingerprint density at radius 2 is 1.92 bits per heavy atom. The molecule has 0 bridgehead atoms. The van der Waals surface area contributed by atoms with Crippen LogP contribution in [0.4, 0.5) is 4.39 Å². The quantitative estimate of drug-likeness (QED) is 0.602. The van der Waals surface area contributed by atoms with Crippen molar-refractivity contribution in [2.45, 2.75) is 20.0 Å². The Hall–Kier alpha value is -1.60. The standard InChI is InChI=1S/C17H17Cl3FN3O2/c1-9(5-12-14(19)6-11(18)7-15(12)20)24(26-4)17(25)13-8-23(3)22-16(13)10(2)21/h5-8,10H,1-4H3/b9-5+. The van der Waals surface area contributed by atoms with E-state index >= 15 is 0 Å². The summed E-state index contributed by atoms with van der Waals surface area (Å²) in [7, 11) is 2.94. The second-order valence-electron chi connectivity index (χ2n) is 5.57. The number of carbonyl (C=O) groups is 1. The van der Waals surface area contributed by atoms with Crippen molar-refractivity contribution >= 4 is 46.8 Å². The molecule has 0 radical (unpaired) electrons. The third-order valence-corrected chi connectivity index (χ3v) is 4.39. The molecule has 0 N–H and O–H groups in total. The van der Waals surface area contributed by atoms with Gasteiger partial charge in [-0.2, -0.15) is 10.2 Å². The van der Waals surface area contributed by atoms with Crippen LogP contribution in [0.25, 0.3) is 6.08 Å². The molecule has 5 nitrogen and oxygen atoms in total. The SMILES string of the molecule is CON(C(=O)c1cn(C)nc1C(C)F)/C(C)=C/c1c(Cl)cc(Cl)cc1Cl. The summed E-state index contributed by atoms with van der Waals surface area (Å²) in [6.07, 6.45) is 1.62. The van der Waals surface area contributed by atoms with E-state index in [2.05, 4.69) is 5.10 Å². The first kappa shape index (κ1) is 20.7. The minimum absolute atomic E-state index is 0.0370. The Balaban J connectivity index is 2.44. The van der Waals surface area contributed by atoms with Gasteiger partial charge in [-0.15, -0.1) is 0 Å². The van der Waals surface area contributed by atoms with Crippen LogP contribution in [0.1, 0.15) is 41.6 Å². The van der Waals surface area contributed by atoms with Crippen LogP contribution in [-0.4, -0.2) is 27.9 Å². The van der Waals surface area contributed by atoms with Gasteiger partial charge in [0, 0.05) is 29.5 Å². The van der Waals surface area contributed by atoms with Crippen LogP contribution in [-0.2, 0) is 11.9 Å². The van der Waals surface area contributed by atoms with Crippen molar-refractivity contribution in [1.82, 2.24) is 14.8 Å². The predicted octanol–water partition coefficient (Wildman–Crippen LogP) is 5.48. The van der Waals surface area contributed by atoms with E-state index in [1.807, 2.05) is 0 Å². The molecule has 1 amide bonds. The lowest BCUT2D eigenvalue weighted by Crippen LogP contribution is -2.29. The number of nitrogens with zero attached hydrogens (tertiary/aromatic N) is 3. The lowest BCUT2D eigenvalue weighted by Gasteiger charge is -2.20. The molecule has 0 aliphatic carbocycles. The Kier molecular flexibility index (Phi) is 6.69. The van der Waals surface area contributed by atoms with E-state index in [4.69, 9.17) is 39.6 Å². The maximum atomic E-state index is 13.8. The third kappa shape index (κ3) is 4.38. The molecule has 1 unspecified atom stereocenters. The number of hydrogen-bond acceptors (Lipinski definition) is 3. The molecule has 0 fully saturated rings. The van der Waals surface area contributed by atoms with Crippen LogP contribution < -0.4 is 0 Å². The molecule has 0 aliphatic heterocycles. The molecule has 1 atom stereocenters. The highest BCUT2D eigenvalue weighted by Crippen LogP contribution is 2.31. The first-order chi connectivity index (χ1) is 12.1. The predicted molar refractivity (Wildman–Crippen MR) is 101 cm³/mol. The second-order valence-corrected chi connectivity index (χ2v) is 6.82. The zero-order valence-electron chi connectivity index (χ0n) is 14.6. The third-order valence-electron chi connectivity index (χ3n) is 3.55. The number of aryl methyl sites for hydroxylation is 1. The van der Waals surface area contributed by atoms with Gasteiger partial charge in [-0.3, -0.25) is 14.3 Å². The van der Waals surface area contributed by atoms with E-state index in [1.165, 1.54) is 37.0 Å². The molecule has 2 aromatic rings. The molecule has 9 heteroatoms. The van der Waals surface area contributed by atoms with Crippen molar-refractivity contribution in [3.8, 4) is 0 Å². The summed E-state index contributed by atoms with van der Waals surface area (Å²) >= 11 is 18.3. The van der Waals surface area contributed by atoms with Crippen molar-refractivity contribution in [3.63, 3.8) is 0 Å². The lowest BCUT2D eigenvalue weighted by molar-refractivity contribution is -0.0678. The van der Waals surface area contributed by atoms with Gasteiger partial charge in [-0.25, -0.2) is 4.39 Å². The van der Waals surface area contributed by atoms with Crippen LogP contribution in [0, 0.1) is 0 Å². The summed E-state index contributed by atoms with van der Waals surface area (Å²) in [5, 5.41) is 6.05. The molecule has 0 aliphatic rings. The number of halogens is 4. The summed E-state index contributed by atoms with van der Waals surface area (Å²) in [5.74, 6) is -0.560. The van der Waals surface area contributed by atoms with Gasteiger partial charge in [-0.1, -0.05) is 34.8 Å². The van der Waals surface area contributed by atoms with E-state index in [0.29, 0.717) is 26.3 Å². The lowest BCUT2D eigenvalue weighted by atomic mass is 10.1. The van der Waals surface area contributed by atoms with Gasteiger partial charge < -0.3 is 0 Å². The summed E-state index contributed by atoms with van der Waals surface area (Å²) in [4.78, 5) is 18.0. The maximum absolute atomic E-state index is 13.8. The van der Waals surface area contributed by atoms with Gasteiger partial charge in [0.25, 0.3) is 5.91 Å². The minimum atomic E-state index is -1.40. The Morgan fingerprint density at radius 1 is 1.35 bits per heavy atom. The molecular weight excluding hydrogens is 404 g/mol. The fourth-order valence-corrected chi connectivity index (χ4v) is 3.35. The highest BCUT2D eigenvalue weighted by Gasteiger charge is 2.26. The number of alkyl halides is 1. The number of carbonyl (C=O) groups excluding carboxylic acids is 1. The summed E-state index contributed by atoms with van der Waals surface area (Å²) in [6.45, 7) is 2.95. The Bertz CT molecular complexity index is 842. The molecule has 26 heavy (non-hydrogen) atoms. The normalized spacial score (nSPS) is 13.0. The molecule has 0 saturated carbocycles. The van der Waals surface area contributed by atoms with Gasteiger partial charge >= 0.3 is 0 Å². The maximum Gasteiger partial charge on any atom is 0.285 e. The average molecular weight is 421 g/mol. The van der Waals surface area contributed by atoms with Crippen molar-refractivity contribution in [2.24, 2.45) is 7.05 Å². The number of hydroxylamine groups is 2. The minimum Gasteiger partial charge on any atom is -0.275 e. The van der Waals surface area contributed by atoms with Crippen molar-refractivity contribution < 1.29 is 14.0 Å². The zero-order chi connectivity index (χ0) is 19.6. The van der Waals surface area contributed by atoms with Gasteiger partial charge in [-0.05, 0) is 32.1 Å².